The first-order chi connectivity index (χ1) is 13.6. The molecule has 1 aromatic carbocycles. The second-order valence-electron chi connectivity index (χ2n) is 7.77. The van der Waals surface area contributed by atoms with E-state index in [1.54, 1.807) is 18.0 Å². The number of benzene rings is 1. The minimum absolute atomic E-state index is 0. The van der Waals surface area contributed by atoms with Gasteiger partial charge in [0.25, 0.3) is 5.91 Å². The molecular formula is C23H28Cl2N2OS. The van der Waals surface area contributed by atoms with E-state index in [0.29, 0.717) is 27.3 Å². The van der Waals surface area contributed by atoms with E-state index in [2.05, 4.69) is 4.98 Å². The first kappa shape index (κ1) is 22.5. The van der Waals surface area contributed by atoms with E-state index >= 15 is 0 Å². The molecule has 2 atom stereocenters. The molecule has 0 radical (unpaired) electrons. The number of nitrogens with zero attached hydrogens (tertiary/aromatic N) is 2. The van der Waals surface area contributed by atoms with E-state index in [1.165, 1.54) is 25.7 Å². The van der Waals surface area contributed by atoms with Crippen LogP contribution < -0.4 is 0 Å². The quantitative estimate of drug-likeness (QED) is 0.471. The topological polar surface area (TPSA) is 33.2 Å². The maximum atomic E-state index is 13.0. The number of amides is 1. The van der Waals surface area contributed by atoms with Crippen molar-refractivity contribution in [1.82, 2.24) is 9.88 Å². The Morgan fingerprint density at radius 1 is 1.10 bits per heavy atom. The molecular weight excluding hydrogens is 423 g/mol. The lowest BCUT2D eigenvalue weighted by molar-refractivity contribution is 0.0520. The molecule has 3 nitrogen and oxygen atoms in total. The van der Waals surface area contributed by atoms with Gasteiger partial charge in [0.15, 0.2) is 0 Å². The van der Waals surface area contributed by atoms with Crippen LogP contribution in [0.25, 0.3) is 0 Å². The molecule has 1 aliphatic heterocycles. The third-order valence-electron chi connectivity index (χ3n) is 5.92. The number of halogens is 2. The zero-order chi connectivity index (χ0) is 19.5. The molecule has 4 rings (SSSR count). The van der Waals surface area contributed by atoms with Crippen molar-refractivity contribution in [2.24, 2.45) is 11.8 Å². The highest BCUT2D eigenvalue weighted by Crippen LogP contribution is 2.37. The maximum absolute atomic E-state index is 13.0. The highest BCUT2D eigenvalue weighted by molar-refractivity contribution is 7.98. The summed E-state index contributed by atoms with van der Waals surface area (Å²) in [6, 6.07) is 7.47. The molecule has 0 N–H and O–H groups in total. The van der Waals surface area contributed by atoms with Crippen LogP contribution in [0.3, 0.4) is 0 Å². The van der Waals surface area contributed by atoms with Gasteiger partial charge in [0.1, 0.15) is 0 Å². The molecule has 2 aromatic rings. The lowest BCUT2D eigenvalue weighted by Gasteiger charge is -2.41. The van der Waals surface area contributed by atoms with Crippen molar-refractivity contribution in [3.8, 4) is 0 Å². The molecule has 156 valence electrons. The third kappa shape index (κ3) is 5.28. The number of fused-ring (bicyclic) bond motifs is 1. The smallest absolute Gasteiger partial charge is 0.255 e. The molecule has 2 aliphatic rings. The van der Waals surface area contributed by atoms with E-state index in [9.17, 15) is 4.79 Å². The second kappa shape index (κ2) is 10.2. The number of carbonyl (C=O) groups is 1. The number of pyridine rings is 1. The zero-order valence-corrected chi connectivity index (χ0v) is 18.1. The lowest BCUT2D eigenvalue weighted by Crippen LogP contribution is -2.44. The fourth-order valence-corrected chi connectivity index (χ4v) is 6.03. The lowest BCUT2D eigenvalue weighted by atomic mass is 9.75. The molecule has 0 bridgehead atoms. The van der Waals surface area contributed by atoms with Gasteiger partial charge in [0.05, 0.1) is 15.6 Å². The molecule has 2 fully saturated rings. The van der Waals surface area contributed by atoms with E-state index in [-0.39, 0.29) is 13.3 Å². The van der Waals surface area contributed by atoms with Crippen LogP contribution in [0.2, 0.25) is 10.0 Å². The van der Waals surface area contributed by atoms with Gasteiger partial charge in [-0.05, 0) is 48.4 Å². The highest BCUT2D eigenvalue weighted by Gasteiger charge is 2.33. The summed E-state index contributed by atoms with van der Waals surface area (Å²) in [4.78, 5) is 20.3. The van der Waals surface area contributed by atoms with Crippen LogP contribution in [-0.2, 0) is 5.75 Å². The predicted molar refractivity (Wildman–Crippen MR) is 123 cm³/mol. The van der Waals surface area contributed by atoms with Crippen molar-refractivity contribution < 1.29 is 4.79 Å². The summed E-state index contributed by atoms with van der Waals surface area (Å²) in [7, 11) is 0. The number of carbonyl (C=O) groups excluding carboxylic acids is 1. The zero-order valence-electron chi connectivity index (χ0n) is 15.7. The summed E-state index contributed by atoms with van der Waals surface area (Å²) in [6.45, 7) is 1.77. The molecule has 2 heterocycles. The predicted octanol–water partition coefficient (Wildman–Crippen LogP) is 6.97. The van der Waals surface area contributed by atoms with Gasteiger partial charge in [-0.15, -0.1) is 11.8 Å². The first-order valence-corrected chi connectivity index (χ1v) is 11.7. The molecule has 1 saturated heterocycles. The number of rotatable bonds is 4. The number of piperidine rings is 1. The maximum Gasteiger partial charge on any atom is 0.255 e. The van der Waals surface area contributed by atoms with Crippen molar-refractivity contribution in [3.63, 3.8) is 0 Å². The number of likely N-dealkylation sites (tertiary alicyclic amines) is 1. The molecule has 1 amide bonds. The van der Waals surface area contributed by atoms with Gasteiger partial charge >= 0.3 is 0 Å². The van der Waals surface area contributed by atoms with E-state index in [0.717, 1.165) is 35.9 Å². The molecule has 1 saturated carbocycles. The van der Waals surface area contributed by atoms with Crippen molar-refractivity contribution in [1.29, 1.82) is 0 Å². The Kier molecular flexibility index (Phi) is 7.89. The Balaban J connectivity index is 0.00000240. The fourth-order valence-electron chi connectivity index (χ4n) is 4.43. The largest absolute Gasteiger partial charge is 0.338 e. The minimum Gasteiger partial charge on any atom is -0.338 e. The Labute approximate surface area is 188 Å². The van der Waals surface area contributed by atoms with Crippen LogP contribution >= 0.6 is 35.0 Å². The minimum atomic E-state index is 0. The van der Waals surface area contributed by atoms with Gasteiger partial charge in [-0.1, -0.05) is 56.0 Å². The summed E-state index contributed by atoms with van der Waals surface area (Å²) in [6.07, 6.45) is 9.90. The van der Waals surface area contributed by atoms with Crippen LogP contribution in [0.1, 0.15) is 55.5 Å². The Morgan fingerprint density at radius 3 is 2.59 bits per heavy atom. The number of hydrogen-bond donors (Lipinski definition) is 0. The number of hydrogen-bond acceptors (Lipinski definition) is 3. The van der Waals surface area contributed by atoms with Crippen molar-refractivity contribution in [3.05, 3.63) is 57.8 Å². The number of thioether (sulfide) groups is 1. The monoisotopic (exact) mass is 450 g/mol. The molecule has 1 aromatic heterocycles. The first-order valence-electron chi connectivity index (χ1n) is 9.92. The molecule has 6 heteroatoms. The second-order valence-corrected chi connectivity index (χ2v) is 9.57. The Morgan fingerprint density at radius 2 is 1.83 bits per heavy atom. The summed E-state index contributed by atoms with van der Waals surface area (Å²) in [5.74, 6) is 2.28. The van der Waals surface area contributed by atoms with Gasteiger partial charge in [0.2, 0.25) is 0 Å². The summed E-state index contributed by atoms with van der Waals surface area (Å²) in [5.41, 5.74) is 1.68. The summed E-state index contributed by atoms with van der Waals surface area (Å²) < 4.78 is 0. The van der Waals surface area contributed by atoms with Gasteiger partial charge in [-0.2, -0.15) is 0 Å². The highest BCUT2D eigenvalue weighted by atomic mass is 35.5. The summed E-state index contributed by atoms with van der Waals surface area (Å²) in [5, 5.41) is 1.29. The van der Waals surface area contributed by atoms with Gasteiger partial charge in [-0.3, -0.25) is 9.78 Å². The molecule has 29 heavy (non-hydrogen) atoms. The van der Waals surface area contributed by atoms with Crippen LogP contribution in [0.5, 0.6) is 0 Å². The standard InChI is InChI=1S/C22H24Cl2N2OS.CH4/c23-19-6-3-7-20(24)21(19)28-14-15-10-18(12-25-11-15)22(27)26-9-8-16-4-1-2-5-17(16)13-26;/h3,6-7,10-12,16-17H,1-2,4-5,8-9,13-14H2;1H4/t16-,17-;/m1./s1. The summed E-state index contributed by atoms with van der Waals surface area (Å²) >= 11 is 14.1. The average Bonchev–Trinajstić information content (AvgIpc) is 2.73. The molecule has 0 spiro atoms. The number of aromatic nitrogens is 1. The fraction of sp³-hybridized carbons (Fsp3) is 0.478. The van der Waals surface area contributed by atoms with Crippen molar-refractivity contribution >= 4 is 40.9 Å². The Bertz CT molecular complexity index is 840. The van der Waals surface area contributed by atoms with E-state index < -0.39 is 0 Å². The van der Waals surface area contributed by atoms with Crippen molar-refractivity contribution in [2.75, 3.05) is 13.1 Å². The average molecular weight is 451 g/mol. The Hall–Kier alpha value is -1.23. The van der Waals surface area contributed by atoms with E-state index in [1.807, 2.05) is 35.4 Å². The molecule has 1 aliphatic carbocycles. The molecule has 0 unspecified atom stereocenters. The van der Waals surface area contributed by atoms with Crippen molar-refractivity contribution in [2.45, 2.75) is 50.2 Å². The van der Waals surface area contributed by atoms with Gasteiger partial charge in [0, 0.05) is 36.1 Å². The van der Waals surface area contributed by atoms with Gasteiger partial charge in [-0.25, -0.2) is 0 Å². The van der Waals surface area contributed by atoms with Crippen LogP contribution in [0.4, 0.5) is 0 Å². The van der Waals surface area contributed by atoms with Gasteiger partial charge < -0.3 is 4.90 Å². The normalized spacial score (nSPS) is 21.2. The van der Waals surface area contributed by atoms with E-state index in [4.69, 9.17) is 23.2 Å². The van der Waals surface area contributed by atoms with Crippen LogP contribution in [-0.4, -0.2) is 28.9 Å². The van der Waals surface area contributed by atoms with Crippen LogP contribution in [0.15, 0.2) is 41.6 Å². The van der Waals surface area contributed by atoms with Crippen LogP contribution in [0, 0.1) is 11.8 Å². The third-order valence-corrected chi connectivity index (χ3v) is 7.98. The SMILES string of the molecule is C.O=C(c1cncc(CSc2c(Cl)cccc2Cl)c1)N1CC[C@H]2CCCC[C@@H]2C1.